The molecule has 5 N–H and O–H groups in total. The van der Waals surface area contributed by atoms with E-state index in [1.54, 1.807) is 11.3 Å². The number of hydrogen-bond donors (Lipinski definition) is 5. The van der Waals surface area contributed by atoms with Gasteiger partial charge in [0, 0.05) is 26.1 Å². The number of benzene rings is 2. The third kappa shape index (κ3) is 13.7. The van der Waals surface area contributed by atoms with Crippen molar-refractivity contribution in [3.63, 3.8) is 0 Å². The predicted molar refractivity (Wildman–Crippen MR) is 263 cm³/mol. The van der Waals surface area contributed by atoms with E-state index in [9.17, 15) is 29.7 Å². The van der Waals surface area contributed by atoms with Crippen LogP contribution in [0.15, 0.2) is 48.0 Å². The zero-order chi connectivity index (χ0) is 48.9. The Morgan fingerprint density at radius 3 is 2.23 bits per heavy atom. The van der Waals surface area contributed by atoms with Crippen molar-refractivity contribution in [2.45, 2.75) is 122 Å². The van der Waals surface area contributed by atoms with Crippen LogP contribution in [0, 0.1) is 36.0 Å². The Kier molecular flexibility index (Phi) is 19.4. The minimum absolute atomic E-state index is 0.000812. The number of phenolic OH excluding ortho intramolecular Hbond substituents is 1. The SMILES string of the molecule is Cc1ncsc1-c1ccc(CNC(=O)[C@@H]2C[C@@H](O)CN2C(=O)[C@@H](NC(=O)COCCOCCOCCOCCOCCCC[C@@H]2Cc3cc(O)ccc3C3CC[C@]4(C)[C@@H](O)CC[C@H]4[C@@H]32)C(C)C)cc1. The fourth-order valence-corrected chi connectivity index (χ4v) is 12.4. The lowest BCUT2D eigenvalue weighted by Gasteiger charge is -2.53. The number of unbranched alkanes of at least 4 members (excludes halogenated alkanes) is 1. The lowest BCUT2D eigenvalue weighted by molar-refractivity contribution is -0.143. The standard InChI is InChI=1S/C53H76N4O11S/c1-34(2)49(52(63)57-31-41(59)29-45(57)51(62)54-30-36-8-10-37(11-9-36)50-35(3)55-33-69-50)56-47(61)32-68-26-25-67-24-23-66-22-21-65-20-19-64-18-6-5-7-38-27-39-28-40(58)12-13-42(39)43-16-17-53(4)44(48(38)43)14-15-46(53)60/h8-13,28,33-34,38,41,43-46,48-49,58-60H,5-7,14-27,29-32H2,1-4H3,(H,54,62)(H,56,61)/t38-,41-,43?,44+,45+,46+,48-,49+,53+/m1/s1. The molecule has 2 saturated carbocycles. The molecule has 7 rings (SSSR count). The molecule has 9 atom stereocenters. The Bertz CT molecular complexity index is 2120. The van der Waals surface area contributed by atoms with Gasteiger partial charge in [0.1, 0.15) is 24.4 Å². The van der Waals surface area contributed by atoms with Gasteiger partial charge in [-0.05, 0) is 121 Å². The number of aromatic hydroxyl groups is 1. The Hall–Kier alpha value is -4.00. The summed E-state index contributed by atoms with van der Waals surface area (Å²) in [4.78, 5) is 46.7. The van der Waals surface area contributed by atoms with Gasteiger partial charge in [0.15, 0.2) is 0 Å². The predicted octanol–water partition coefficient (Wildman–Crippen LogP) is 5.94. The van der Waals surface area contributed by atoms with Crippen LogP contribution in [-0.4, -0.2) is 140 Å². The highest BCUT2D eigenvalue weighted by atomic mass is 32.1. The molecule has 1 aliphatic heterocycles. The van der Waals surface area contributed by atoms with E-state index < -0.39 is 30.0 Å². The molecule has 3 aliphatic carbocycles. The first-order chi connectivity index (χ1) is 33.3. The number of likely N-dealkylation sites (tertiary alicyclic amines) is 1. The number of aryl methyl sites for hydroxylation is 1. The summed E-state index contributed by atoms with van der Waals surface area (Å²) in [6.45, 7) is 11.7. The number of nitrogens with one attached hydrogen (secondary N) is 2. The monoisotopic (exact) mass is 977 g/mol. The Balaban J connectivity index is 0.689. The number of aromatic nitrogens is 1. The number of amides is 3. The molecular weight excluding hydrogens is 901 g/mol. The van der Waals surface area contributed by atoms with E-state index in [2.05, 4.69) is 28.6 Å². The third-order valence-corrected chi connectivity index (χ3v) is 16.2. The summed E-state index contributed by atoms with van der Waals surface area (Å²) in [5.74, 6) is 1.04. The van der Waals surface area contributed by atoms with Crippen LogP contribution in [-0.2, 0) is 51.0 Å². The van der Waals surface area contributed by atoms with E-state index >= 15 is 0 Å². The van der Waals surface area contributed by atoms with Crippen LogP contribution in [0.2, 0.25) is 0 Å². The van der Waals surface area contributed by atoms with Crippen LogP contribution in [0.3, 0.4) is 0 Å². The Morgan fingerprint density at radius 2 is 1.57 bits per heavy atom. The number of rotatable bonds is 26. The van der Waals surface area contributed by atoms with Crippen LogP contribution in [0.4, 0.5) is 0 Å². The lowest BCUT2D eigenvalue weighted by Crippen LogP contribution is -2.55. The molecule has 3 amide bonds. The van der Waals surface area contributed by atoms with Crippen molar-refractivity contribution in [2.75, 3.05) is 72.6 Å². The second kappa shape index (κ2) is 25.4. The number of fused-ring (bicyclic) bond motifs is 5. The van der Waals surface area contributed by atoms with Gasteiger partial charge in [-0.15, -0.1) is 11.3 Å². The minimum atomic E-state index is -0.902. The highest BCUT2D eigenvalue weighted by Crippen LogP contribution is 2.62. The van der Waals surface area contributed by atoms with Crippen molar-refractivity contribution < 1.29 is 53.4 Å². The number of phenols is 1. The summed E-state index contributed by atoms with van der Waals surface area (Å²) in [5, 5.41) is 37.4. The summed E-state index contributed by atoms with van der Waals surface area (Å²) in [6.07, 6.45) is 7.51. The number of aliphatic hydroxyl groups excluding tert-OH is 2. The first-order valence-electron chi connectivity index (χ1n) is 25.3. The number of carbonyl (C=O) groups excluding carboxylic acids is 3. The van der Waals surface area contributed by atoms with Crippen molar-refractivity contribution >= 4 is 29.1 Å². The molecule has 2 aromatic carbocycles. The molecule has 0 radical (unpaired) electrons. The zero-order valence-electron chi connectivity index (χ0n) is 41.1. The molecule has 380 valence electrons. The average molecular weight is 977 g/mol. The zero-order valence-corrected chi connectivity index (χ0v) is 41.9. The fraction of sp³-hybridized carbons (Fsp3) is 0.660. The summed E-state index contributed by atoms with van der Waals surface area (Å²) >= 11 is 1.58. The number of carbonyl (C=O) groups is 3. The molecule has 4 aliphatic rings. The van der Waals surface area contributed by atoms with E-state index in [0.29, 0.717) is 75.7 Å². The average Bonchev–Trinajstić information content (AvgIpc) is 4.04. The molecule has 2 heterocycles. The second-order valence-corrected chi connectivity index (χ2v) is 21.0. The van der Waals surface area contributed by atoms with Crippen LogP contribution in [0.1, 0.15) is 100 Å². The van der Waals surface area contributed by atoms with E-state index in [1.807, 2.05) is 62.7 Å². The summed E-state index contributed by atoms with van der Waals surface area (Å²) in [7, 11) is 0. The first-order valence-corrected chi connectivity index (χ1v) is 26.2. The second-order valence-electron chi connectivity index (χ2n) is 20.1. The molecule has 0 spiro atoms. The highest BCUT2D eigenvalue weighted by molar-refractivity contribution is 7.13. The molecule has 3 fully saturated rings. The third-order valence-electron chi connectivity index (χ3n) is 15.2. The number of hydrogen-bond acceptors (Lipinski definition) is 13. The molecular formula is C53H76N4O11S. The van der Waals surface area contributed by atoms with Gasteiger partial charge in [0.05, 0.1) is 81.1 Å². The topological polar surface area (TPSA) is 198 Å². The normalized spacial score (nSPS) is 25.6. The van der Waals surface area contributed by atoms with E-state index in [0.717, 1.165) is 73.1 Å². The molecule has 0 bridgehead atoms. The fourth-order valence-electron chi connectivity index (χ4n) is 11.6. The van der Waals surface area contributed by atoms with Crippen molar-refractivity contribution in [3.8, 4) is 16.2 Å². The molecule has 15 nitrogen and oxygen atoms in total. The highest BCUT2D eigenvalue weighted by Gasteiger charge is 2.56. The molecule has 16 heteroatoms. The summed E-state index contributed by atoms with van der Waals surface area (Å²) in [6, 6.07) is 12.1. The first kappa shape index (κ1) is 52.8. The number of thiazole rings is 1. The molecule has 1 unspecified atom stereocenters. The van der Waals surface area contributed by atoms with Crippen molar-refractivity contribution in [1.29, 1.82) is 0 Å². The number of β-amino-alcohol motifs (C(OH)–C–C–N with tert-alkyl or cyclic N) is 1. The Morgan fingerprint density at radius 1 is 0.884 bits per heavy atom. The molecule has 3 aromatic rings. The van der Waals surface area contributed by atoms with E-state index in [4.69, 9.17) is 23.7 Å². The Labute approximate surface area is 412 Å². The van der Waals surface area contributed by atoms with Gasteiger partial charge in [-0.25, -0.2) is 4.98 Å². The van der Waals surface area contributed by atoms with Gasteiger partial charge >= 0.3 is 0 Å². The minimum Gasteiger partial charge on any atom is -0.508 e. The van der Waals surface area contributed by atoms with Crippen LogP contribution >= 0.6 is 11.3 Å². The van der Waals surface area contributed by atoms with Crippen molar-refractivity contribution in [2.24, 2.45) is 29.1 Å². The van der Waals surface area contributed by atoms with E-state index in [-0.39, 0.29) is 62.7 Å². The smallest absolute Gasteiger partial charge is 0.246 e. The van der Waals surface area contributed by atoms with Crippen molar-refractivity contribution in [1.82, 2.24) is 20.5 Å². The maximum atomic E-state index is 13.7. The summed E-state index contributed by atoms with van der Waals surface area (Å²) < 4.78 is 28.3. The van der Waals surface area contributed by atoms with Gasteiger partial charge in [-0.1, -0.05) is 57.5 Å². The number of nitrogens with zero attached hydrogens (tertiary/aromatic N) is 2. The van der Waals surface area contributed by atoms with Crippen LogP contribution < -0.4 is 10.6 Å². The molecule has 1 saturated heterocycles. The number of ether oxygens (including phenoxy) is 5. The van der Waals surface area contributed by atoms with Crippen molar-refractivity contribution in [3.05, 3.63) is 70.4 Å². The summed E-state index contributed by atoms with van der Waals surface area (Å²) in [5.41, 5.74) is 7.50. The molecule has 1 aromatic heterocycles. The van der Waals surface area contributed by atoms with Gasteiger partial charge < -0.3 is 54.5 Å². The maximum absolute atomic E-state index is 13.7. The van der Waals surface area contributed by atoms with E-state index in [1.165, 1.54) is 16.0 Å². The van der Waals surface area contributed by atoms with Gasteiger partial charge in [0.2, 0.25) is 17.7 Å². The van der Waals surface area contributed by atoms with Crippen LogP contribution in [0.5, 0.6) is 5.75 Å². The largest absolute Gasteiger partial charge is 0.508 e. The van der Waals surface area contributed by atoms with Gasteiger partial charge in [0.25, 0.3) is 0 Å². The quantitative estimate of drug-likeness (QED) is 0.0595. The maximum Gasteiger partial charge on any atom is 0.246 e. The van der Waals surface area contributed by atoms with Gasteiger partial charge in [-0.2, -0.15) is 0 Å². The van der Waals surface area contributed by atoms with Crippen LogP contribution in [0.25, 0.3) is 10.4 Å². The van der Waals surface area contributed by atoms with Gasteiger partial charge in [-0.3, -0.25) is 14.4 Å². The number of aliphatic hydroxyl groups is 2. The lowest BCUT2D eigenvalue weighted by atomic mass is 9.52. The molecule has 69 heavy (non-hydrogen) atoms.